The molecule has 3 aromatic rings. The van der Waals surface area contributed by atoms with E-state index >= 15 is 0 Å². The van der Waals surface area contributed by atoms with Crippen molar-refractivity contribution in [2.45, 2.75) is 20.0 Å². The van der Waals surface area contributed by atoms with Crippen molar-refractivity contribution in [3.63, 3.8) is 0 Å². The van der Waals surface area contributed by atoms with Crippen LogP contribution in [-0.4, -0.2) is 21.9 Å². The summed E-state index contributed by atoms with van der Waals surface area (Å²) >= 11 is 6.17. The molecular formula is C18H17ClN2O3. The highest BCUT2D eigenvalue weighted by molar-refractivity contribution is 6.31. The summed E-state index contributed by atoms with van der Waals surface area (Å²) in [6.07, 6.45) is 0. The number of oxazole rings is 1. The first kappa shape index (κ1) is 16.3. The van der Waals surface area contributed by atoms with Gasteiger partial charge in [0, 0.05) is 18.1 Å². The normalized spacial score (nSPS) is 10.9. The zero-order valence-corrected chi connectivity index (χ0v) is 14.0. The Hall–Kier alpha value is -2.53. The molecule has 0 spiro atoms. The zero-order chi connectivity index (χ0) is 17.1. The quantitative estimate of drug-likeness (QED) is 0.713. The monoisotopic (exact) mass is 344 g/mol. The highest BCUT2D eigenvalue weighted by Crippen LogP contribution is 2.18. The Labute approximate surface area is 144 Å². The van der Waals surface area contributed by atoms with Crippen LogP contribution in [0.1, 0.15) is 12.5 Å². The van der Waals surface area contributed by atoms with E-state index in [-0.39, 0.29) is 12.5 Å². The fourth-order valence-corrected chi connectivity index (χ4v) is 2.80. The number of likely N-dealkylation sites (N-methyl/N-ethyl adjacent to an activating group) is 1. The summed E-state index contributed by atoms with van der Waals surface area (Å²) in [5, 5.41) is 0.620. The average molecular weight is 345 g/mol. The number of fused-ring (bicyclic) bond motifs is 1. The van der Waals surface area contributed by atoms with Gasteiger partial charge in [0.05, 0.1) is 5.52 Å². The number of benzene rings is 2. The van der Waals surface area contributed by atoms with E-state index in [0.717, 1.165) is 5.56 Å². The highest BCUT2D eigenvalue weighted by atomic mass is 35.5. The number of carbonyl (C=O) groups excluding carboxylic acids is 1. The number of aromatic nitrogens is 1. The minimum absolute atomic E-state index is 0.0614. The van der Waals surface area contributed by atoms with E-state index in [1.807, 2.05) is 25.1 Å². The maximum Gasteiger partial charge on any atom is 0.420 e. The molecule has 124 valence electrons. The van der Waals surface area contributed by atoms with Gasteiger partial charge in [-0.3, -0.25) is 9.36 Å². The lowest BCUT2D eigenvalue weighted by Crippen LogP contribution is -2.35. The highest BCUT2D eigenvalue weighted by Gasteiger charge is 2.17. The number of hydrogen-bond acceptors (Lipinski definition) is 3. The van der Waals surface area contributed by atoms with E-state index in [4.69, 9.17) is 16.0 Å². The van der Waals surface area contributed by atoms with Crippen LogP contribution in [0.25, 0.3) is 11.1 Å². The number of rotatable bonds is 5. The average Bonchev–Trinajstić information content (AvgIpc) is 2.90. The van der Waals surface area contributed by atoms with Crippen molar-refractivity contribution in [3.8, 4) is 0 Å². The lowest BCUT2D eigenvalue weighted by atomic mass is 10.2. The van der Waals surface area contributed by atoms with Crippen LogP contribution in [-0.2, 0) is 17.9 Å². The molecule has 5 nitrogen and oxygen atoms in total. The van der Waals surface area contributed by atoms with Crippen LogP contribution in [0.5, 0.6) is 0 Å². The van der Waals surface area contributed by atoms with Crippen molar-refractivity contribution < 1.29 is 9.21 Å². The molecule has 24 heavy (non-hydrogen) atoms. The Bertz CT molecular complexity index is 929. The fourth-order valence-electron chi connectivity index (χ4n) is 2.61. The van der Waals surface area contributed by atoms with Crippen molar-refractivity contribution in [1.29, 1.82) is 0 Å². The summed E-state index contributed by atoms with van der Waals surface area (Å²) in [7, 11) is 0. The third kappa shape index (κ3) is 3.21. The molecule has 1 amide bonds. The smallest absolute Gasteiger partial charge is 0.408 e. The Morgan fingerprint density at radius 1 is 1.17 bits per heavy atom. The SMILES string of the molecule is CCN(Cc1ccccc1Cl)C(=O)Cn1c(=O)oc2ccccc21. The maximum atomic E-state index is 12.6. The number of carbonyl (C=O) groups is 1. The molecule has 0 radical (unpaired) electrons. The predicted octanol–water partition coefficient (Wildman–Crippen LogP) is 3.30. The summed E-state index contributed by atoms with van der Waals surface area (Å²) in [6.45, 7) is 2.76. The van der Waals surface area contributed by atoms with E-state index in [0.29, 0.717) is 29.2 Å². The van der Waals surface area contributed by atoms with Crippen LogP contribution >= 0.6 is 11.6 Å². The van der Waals surface area contributed by atoms with Crippen LogP contribution in [0.4, 0.5) is 0 Å². The summed E-state index contributed by atoms with van der Waals surface area (Å²) < 4.78 is 6.52. The topological polar surface area (TPSA) is 55.5 Å². The molecule has 0 unspecified atom stereocenters. The van der Waals surface area contributed by atoms with E-state index in [1.54, 1.807) is 35.2 Å². The molecule has 0 fully saturated rings. The molecule has 1 aromatic heterocycles. The minimum Gasteiger partial charge on any atom is -0.408 e. The number of nitrogens with zero attached hydrogens (tertiary/aromatic N) is 2. The van der Waals surface area contributed by atoms with Crippen LogP contribution in [0.2, 0.25) is 5.02 Å². The van der Waals surface area contributed by atoms with Gasteiger partial charge in [-0.05, 0) is 30.7 Å². The molecular weight excluding hydrogens is 328 g/mol. The van der Waals surface area contributed by atoms with E-state index in [9.17, 15) is 9.59 Å². The minimum atomic E-state index is -0.529. The van der Waals surface area contributed by atoms with Gasteiger partial charge in [-0.1, -0.05) is 41.9 Å². The van der Waals surface area contributed by atoms with E-state index in [2.05, 4.69) is 0 Å². The Morgan fingerprint density at radius 3 is 2.62 bits per heavy atom. The van der Waals surface area contributed by atoms with Crippen molar-refractivity contribution in [2.75, 3.05) is 6.54 Å². The zero-order valence-electron chi connectivity index (χ0n) is 13.2. The van der Waals surface area contributed by atoms with Gasteiger partial charge in [0.2, 0.25) is 5.91 Å². The predicted molar refractivity (Wildman–Crippen MR) is 93.0 cm³/mol. The second-order valence-corrected chi connectivity index (χ2v) is 5.83. The largest absolute Gasteiger partial charge is 0.420 e. The third-order valence-electron chi connectivity index (χ3n) is 3.92. The van der Waals surface area contributed by atoms with Crippen LogP contribution in [0, 0.1) is 0 Å². The summed E-state index contributed by atoms with van der Waals surface area (Å²) in [6, 6.07) is 14.5. The Kier molecular flexibility index (Phi) is 4.71. The molecule has 0 atom stereocenters. The van der Waals surface area contributed by atoms with Crippen molar-refractivity contribution in [3.05, 3.63) is 69.7 Å². The summed E-state index contributed by atoms with van der Waals surface area (Å²) in [5.74, 6) is -0.690. The van der Waals surface area contributed by atoms with Gasteiger partial charge in [0.15, 0.2) is 5.58 Å². The molecule has 0 aliphatic rings. The van der Waals surface area contributed by atoms with Gasteiger partial charge in [-0.25, -0.2) is 4.79 Å². The van der Waals surface area contributed by atoms with Gasteiger partial charge in [-0.15, -0.1) is 0 Å². The molecule has 0 saturated carbocycles. The maximum absolute atomic E-state index is 12.6. The first-order valence-electron chi connectivity index (χ1n) is 7.69. The third-order valence-corrected chi connectivity index (χ3v) is 4.29. The Morgan fingerprint density at radius 2 is 1.88 bits per heavy atom. The lowest BCUT2D eigenvalue weighted by Gasteiger charge is -2.21. The van der Waals surface area contributed by atoms with Gasteiger partial charge >= 0.3 is 5.76 Å². The lowest BCUT2D eigenvalue weighted by molar-refractivity contribution is -0.132. The molecule has 0 aliphatic carbocycles. The molecule has 0 saturated heterocycles. The van der Waals surface area contributed by atoms with E-state index < -0.39 is 5.76 Å². The summed E-state index contributed by atoms with van der Waals surface area (Å²) in [5.41, 5.74) is 1.97. The number of hydrogen-bond donors (Lipinski definition) is 0. The molecule has 0 aliphatic heterocycles. The van der Waals surface area contributed by atoms with Gasteiger partial charge < -0.3 is 9.32 Å². The van der Waals surface area contributed by atoms with Crippen molar-refractivity contribution >= 4 is 28.6 Å². The van der Waals surface area contributed by atoms with Crippen molar-refractivity contribution in [2.24, 2.45) is 0 Å². The molecule has 2 aromatic carbocycles. The first-order chi connectivity index (χ1) is 11.6. The van der Waals surface area contributed by atoms with Crippen LogP contribution < -0.4 is 5.76 Å². The number of halogens is 1. The first-order valence-corrected chi connectivity index (χ1v) is 8.07. The van der Waals surface area contributed by atoms with Crippen LogP contribution in [0.15, 0.2) is 57.7 Å². The Balaban J connectivity index is 1.83. The van der Waals surface area contributed by atoms with Crippen LogP contribution in [0.3, 0.4) is 0 Å². The van der Waals surface area contributed by atoms with Gasteiger partial charge in [0.25, 0.3) is 0 Å². The standard InChI is InChI=1S/C18H17ClN2O3/c1-2-20(11-13-7-3-4-8-14(13)19)17(22)12-21-15-9-5-6-10-16(15)24-18(21)23/h3-10H,2,11-12H2,1H3. The molecule has 0 bridgehead atoms. The number of amides is 1. The molecule has 6 heteroatoms. The van der Waals surface area contributed by atoms with Crippen molar-refractivity contribution in [1.82, 2.24) is 9.47 Å². The second-order valence-electron chi connectivity index (χ2n) is 5.42. The van der Waals surface area contributed by atoms with E-state index in [1.165, 1.54) is 4.57 Å². The van der Waals surface area contributed by atoms with Gasteiger partial charge in [-0.2, -0.15) is 0 Å². The molecule has 3 rings (SSSR count). The number of para-hydroxylation sites is 2. The molecule has 1 heterocycles. The van der Waals surface area contributed by atoms with Gasteiger partial charge in [0.1, 0.15) is 6.54 Å². The fraction of sp³-hybridized carbons (Fsp3) is 0.222. The summed E-state index contributed by atoms with van der Waals surface area (Å²) in [4.78, 5) is 26.3. The second kappa shape index (κ2) is 6.93. The molecule has 0 N–H and O–H groups in total.